The Morgan fingerprint density at radius 2 is 2.14 bits per heavy atom. The van der Waals surface area contributed by atoms with Crippen LogP contribution in [-0.2, 0) is 11.2 Å². The number of benzene rings is 1. The van der Waals surface area contributed by atoms with Crippen LogP contribution in [0.1, 0.15) is 31.2 Å². The number of nitrogens with zero attached hydrogens (tertiary/aromatic N) is 1. The zero-order valence-corrected chi connectivity index (χ0v) is 13.0. The molecule has 0 aliphatic heterocycles. The minimum atomic E-state index is 0.201. The van der Waals surface area contributed by atoms with Crippen LogP contribution in [0.15, 0.2) is 24.3 Å². The maximum absolute atomic E-state index is 12.3. The van der Waals surface area contributed by atoms with Crippen LogP contribution in [-0.4, -0.2) is 37.6 Å². The van der Waals surface area contributed by atoms with Crippen molar-refractivity contribution in [3.05, 3.63) is 29.8 Å². The Hall–Kier alpha value is -1.55. The Morgan fingerprint density at radius 3 is 2.81 bits per heavy atom. The Balaban J connectivity index is 1.83. The number of rotatable bonds is 6. The van der Waals surface area contributed by atoms with Crippen molar-refractivity contribution < 1.29 is 9.53 Å². The number of carbonyl (C=O) groups excluding carboxylic acids is 1. The number of para-hydroxylation sites is 1. The number of hydrogen-bond acceptors (Lipinski definition) is 3. The number of likely N-dealkylation sites (N-methyl/N-ethyl adjacent to an activating group) is 1. The quantitative estimate of drug-likeness (QED) is 0.874. The topological polar surface area (TPSA) is 55.6 Å². The molecular formula is C17H26N2O2. The average molecular weight is 290 g/mol. The normalized spacial score (nSPS) is 21.3. The van der Waals surface area contributed by atoms with E-state index in [2.05, 4.69) is 0 Å². The van der Waals surface area contributed by atoms with E-state index in [1.165, 1.54) is 0 Å². The largest absolute Gasteiger partial charge is 0.496 e. The molecule has 0 saturated heterocycles. The van der Waals surface area contributed by atoms with Crippen molar-refractivity contribution >= 4 is 5.91 Å². The maximum atomic E-state index is 12.3. The Labute approximate surface area is 127 Å². The van der Waals surface area contributed by atoms with E-state index in [-0.39, 0.29) is 11.9 Å². The Morgan fingerprint density at radius 1 is 1.38 bits per heavy atom. The van der Waals surface area contributed by atoms with E-state index in [0.717, 1.165) is 37.0 Å². The summed E-state index contributed by atoms with van der Waals surface area (Å²) in [6, 6.07) is 8.16. The molecule has 1 aromatic rings. The van der Waals surface area contributed by atoms with Crippen molar-refractivity contribution in [3.63, 3.8) is 0 Å². The molecule has 116 valence electrons. The van der Waals surface area contributed by atoms with Gasteiger partial charge in [-0.05, 0) is 36.8 Å². The van der Waals surface area contributed by atoms with E-state index < -0.39 is 0 Å². The number of amides is 1. The summed E-state index contributed by atoms with van der Waals surface area (Å²) in [6.45, 7) is 0.709. The summed E-state index contributed by atoms with van der Waals surface area (Å²) in [5.74, 6) is 1.45. The molecule has 0 radical (unpaired) electrons. The molecule has 2 rings (SSSR count). The fourth-order valence-electron chi connectivity index (χ4n) is 3.02. The number of carbonyl (C=O) groups is 1. The zero-order valence-electron chi connectivity index (χ0n) is 13.0. The van der Waals surface area contributed by atoms with Gasteiger partial charge in [-0.15, -0.1) is 0 Å². The van der Waals surface area contributed by atoms with Crippen LogP contribution >= 0.6 is 0 Å². The summed E-state index contributed by atoms with van der Waals surface area (Å²) in [6.07, 6.45) is 4.70. The SMILES string of the molecule is COc1ccccc1CCN(C)C(=O)C[C@@H]1CCC[C@H]1N. The third kappa shape index (κ3) is 4.21. The standard InChI is InChI=1S/C17H26N2O2/c1-19(17(20)12-14-7-5-8-15(14)18)11-10-13-6-3-4-9-16(13)21-2/h3-4,6,9,14-15H,5,7-8,10-12,18H2,1-2H3/t14-,15+/m0/s1. The maximum Gasteiger partial charge on any atom is 0.222 e. The summed E-state index contributed by atoms with van der Waals surface area (Å²) in [4.78, 5) is 14.1. The van der Waals surface area contributed by atoms with Crippen LogP contribution in [0.5, 0.6) is 5.75 Å². The third-order valence-electron chi connectivity index (χ3n) is 4.49. The van der Waals surface area contributed by atoms with Gasteiger partial charge in [0, 0.05) is 26.1 Å². The number of ether oxygens (including phenoxy) is 1. The first-order valence-corrected chi connectivity index (χ1v) is 7.73. The van der Waals surface area contributed by atoms with Crippen LogP contribution in [0.3, 0.4) is 0 Å². The monoisotopic (exact) mass is 290 g/mol. The van der Waals surface area contributed by atoms with Crippen LogP contribution in [0.4, 0.5) is 0 Å². The molecule has 1 fully saturated rings. The Kier molecular flexibility index (Phi) is 5.62. The highest BCUT2D eigenvalue weighted by Gasteiger charge is 2.27. The second-order valence-corrected chi connectivity index (χ2v) is 5.94. The van der Waals surface area contributed by atoms with Crippen LogP contribution < -0.4 is 10.5 Å². The lowest BCUT2D eigenvalue weighted by molar-refractivity contribution is -0.130. The summed E-state index contributed by atoms with van der Waals surface area (Å²) in [7, 11) is 3.55. The molecule has 1 aromatic carbocycles. The number of hydrogen-bond donors (Lipinski definition) is 1. The molecule has 4 heteroatoms. The van der Waals surface area contributed by atoms with Gasteiger partial charge in [0.1, 0.15) is 5.75 Å². The van der Waals surface area contributed by atoms with E-state index in [4.69, 9.17) is 10.5 Å². The first-order chi connectivity index (χ1) is 10.1. The van der Waals surface area contributed by atoms with Gasteiger partial charge in [-0.3, -0.25) is 4.79 Å². The second-order valence-electron chi connectivity index (χ2n) is 5.94. The summed E-state index contributed by atoms with van der Waals surface area (Å²) < 4.78 is 5.34. The van der Waals surface area contributed by atoms with Gasteiger partial charge in [0.15, 0.2) is 0 Å². The summed E-state index contributed by atoms with van der Waals surface area (Å²) in [5, 5.41) is 0. The van der Waals surface area contributed by atoms with E-state index in [1.54, 1.807) is 7.11 Å². The third-order valence-corrected chi connectivity index (χ3v) is 4.49. The lowest BCUT2D eigenvalue weighted by Gasteiger charge is -2.21. The molecule has 1 aliphatic carbocycles. The minimum Gasteiger partial charge on any atom is -0.496 e. The average Bonchev–Trinajstić information content (AvgIpc) is 2.90. The molecule has 0 aromatic heterocycles. The van der Waals surface area contributed by atoms with E-state index in [0.29, 0.717) is 18.9 Å². The zero-order chi connectivity index (χ0) is 15.2. The fraction of sp³-hybridized carbons (Fsp3) is 0.588. The van der Waals surface area contributed by atoms with Gasteiger partial charge in [0.05, 0.1) is 7.11 Å². The highest BCUT2D eigenvalue weighted by molar-refractivity contribution is 5.76. The van der Waals surface area contributed by atoms with Gasteiger partial charge in [0.25, 0.3) is 0 Å². The molecule has 4 nitrogen and oxygen atoms in total. The van der Waals surface area contributed by atoms with E-state index in [9.17, 15) is 4.79 Å². The lowest BCUT2D eigenvalue weighted by atomic mass is 9.99. The first-order valence-electron chi connectivity index (χ1n) is 7.73. The van der Waals surface area contributed by atoms with Gasteiger partial charge in [-0.2, -0.15) is 0 Å². The summed E-state index contributed by atoms with van der Waals surface area (Å²) in [5.41, 5.74) is 7.18. The molecular weight excluding hydrogens is 264 g/mol. The van der Waals surface area contributed by atoms with Crippen LogP contribution in [0, 0.1) is 5.92 Å². The second kappa shape index (κ2) is 7.46. The molecule has 1 amide bonds. The highest BCUT2D eigenvalue weighted by Crippen LogP contribution is 2.27. The van der Waals surface area contributed by atoms with Gasteiger partial charge in [-0.25, -0.2) is 0 Å². The van der Waals surface area contributed by atoms with Gasteiger partial charge < -0.3 is 15.4 Å². The number of methoxy groups -OCH3 is 1. The Bertz CT molecular complexity index is 476. The summed E-state index contributed by atoms with van der Waals surface area (Å²) >= 11 is 0. The molecule has 1 aliphatic rings. The molecule has 0 unspecified atom stereocenters. The molecule has 1 saturated carbocycles. The predicted octanol–water partition coefficient (Wildman–Crippen LogP) is 2.21. The van der Waals surface area contributed by atoms with Crippen LogP contribution in [0.25, 0.3) is 0 Å². The van der Waals surface area contributed by atoms with Crippen molar-refractivity contribution in [1.29, 1.82) is 0 Å². The molecule has 21 heavy (non-hydrogen) atoms. The van der Waals surface area contributed by atoms with Gasteiger partial charge >= 0.3 is 0 Å². The van der Waals surface area contributed by atoms with Crippen molar-refractivity contribution in [2.75, 3.05) is 20.7 Å². The van der Waals surface area contributed by atoms with Gasteiger partial charge in [-0.1, -0.05) is 24.6 Å². The number of nitrogens with two attached hydrogens (primary N) is 1. The minimum absolute atomic E-state index is 0.201. The smallest absolute Gasteiger partial charge is 0.222 e. The lowest BCUT2D eigenvalue weighted by Crippen LogP contribution is -2.34. The van der Waals surface area contributed by atoms with Crippen LogP contribution in [0.2, 0.25) is 0 Å². The molecule has 2 atom stereocenters. The van der Waals surface area contributed by atoms with E-state index in [1.807, 2.05) is 36.2 Å². The fourth-order valence-corrected chi connectivity index (χ4v) is 3.02. The molecule has 0 heterocycles. The molecule has 2 N–H and O–H groups in total. The molecule has 0 spiro atoms. The highest BCUT2D eigenvalue weighted by atomic mass is 16.5. The predicted molar refractivity (Wildman–Crippen MR) is 84.3 cm³/mol. The van der Waals surface area contributed by atoms with Crippen molar-refractivity contribution in [2.24, 2.45) is 11.7 Å². The van der Waals surface area contributed by atoms with Crippen molar-refractivity contribution in [3.8, 4) is 5.75 Å². The van der Waals surface area contributed by atoms with Crippen molar-refractivity contribution in [1.82, 2.24) is 4.90 Å². The van der Waals surface area contributed by atoms with Crippen molar-refractivity contribution in [2.45, 2.75) is 38.1 Å². The van der Waals surface area contributed by atoms with E-state index >= 15 is 0 Å². The molecule has 0 bridgehead atoms. The van der Waals surface area contributed by atoms with Gasteiger partial charge in [0.2, 0.25) is 5.91 Å². The first kappa shape index (κ1) is 15.8.